The van der Waals surface area contributed by atoms with Crippen LogP contribution in [0.5, 0.6) is 11.5 Å². The van der Waals surface area contributed by atoms with Crippen molar-refractivity contribution in [1.82, 2.24) is 0 Å². The molecule has 2 aromatic rings. The number of anilines is 1. The van der Waals surface area contributed by atoms with Crippen LogP contribution in [0.15, 0.2) is 36.4 Å². The van der Waals surface area contributed by atoms with Crippen LogP contribution in [-0.4, -0.2) is 0 Å². The van der Waals surface area contributed by atoms with E-state index >= 15 is 0 Å². The predicted octanol–water partition coefficient (Wildman–Crippen LogP) is 3.99. The average Bonchev–Trinajstić information content (AvgIpc) is 2.30. The molecule has 0 aliphatic rings. The van der Waals surface area contributed by atoms with Gasteiger partial charge >= 0.3 is 0 Å². The summed E-state index contributed by atoms with van der Waals surface area (Å²) in [4.78, 5) is 0. The van der Waals surface area contributed by atoms with Gasteiger partial charge in [-0.15, -0.1) is 0 Å². The molecule has 0 radical (unpaired) electrons. The van der Waals surface area contributed by atoms with Gasteiger partial charge in [0.05, 0.1) is 10.7 Å². The van der Waals surface area contributed by atoms with E-state index in [4.69, 9.17) is 22.1 Å². The van der Waals surface area contributed by atoms with E-state index in [-0.39, 0.29) is 22.2 Å². The summed E-state index contributed by atoms with van der Waals surface area (Å²) in [6, 6.07) is 7.90. The number of nitrogen functional groups attached to an aromatic ring is 1. The van der Waals surface area contributed by atoms with E-state index in [2.05, 4.69) is 0 Å². The van der Waals surface area contributed by atoms with Crippen LogP contribution in [-0.2, 0) is 0 Å². The highest BCUT2D eigenvalue weighted by Gasteiger charge is 2.10. The molecule has 2 nitrogen and oxygen atoms in total. The van der Waals surface area contributed by atoms with Gasteiger partial charge in [0.15, 0.2) is 17.3 Å². The summed E-state index contributed by atoms with van der Waals surface area (Å²) in [6.45, 7) is 0. The van der Waals surface area contributed by atoms with Crippen molar-refractivity contribution >= 4 is 17.3 Å². The smallest absolute Gasteiger partial charge is 0.184 e. The van der Waals surface area contributed by atoms with E-state index in [0.717, 1.165) is 6.07 Å². The van der Waals surface area contributed by atoms with Gasteiger partial charge in [0, 0.05) is 6.07 Å². The highest BCUT2D eigenvalue weighted by molar-refractivity contribution is 6.30. The van der Waals surface area contributed by atoms with E-state index in [1.807, 2.05) is 0 Å². The Hall–Kier alpha value is -1.81. The highest BCUT2D eigenvalue weighted by atomic mass is 35.5. The molecular weight excluding hydrogens is 248 g/mol. The lowest BCUT2D eigenvalue weighted by Crippen LogP contribution is -1.94. The first-order valence-corrected chi connectivity index (χ1v) is 5.12. The number of halogens is 3. The Kier molecular flexibility index (Phi) is 3.15. The quantitative estimate of drug-likeness (QED) is 0.824. The summed E-state index contributed by atoms with van der Waals surface area (Å²) in [5, 5.41) is -0.0718. The monoisotopic (exact) mass is 255 g/mol. The molecule has 0 atom stereocenters. The van der Waals surface area contributed by atoms with Crippen molar-refractivity contribution < 1.29 is 13.5 Å². The van der Waals surface area contributed by atoms with Gasteiger partial charge < -0.3 is 10.5 Å². The number of hydrogen-bond donors (Lipinski definition) is 1. The fourth-order valence-corrected chi connectivity index (χ4v) is 1.44. The van der Waals surface area contributed by atoms with Crippen molar-refractivity contribution in [1.29, 1.82) is 0 Å². The zero-order valence-corrected chi connectivity index (χ0v) is 9.34. The Morgan fingerprint density at radius 3 is 2.59 bits per heavy atom. The number of ether oxygens (including phenoxy) is 1. The Labute approximate surface area is 102 Å². The summed E-state index contributed by atoms with van der Waals surface area (Å²) in [5.74, 6) is -1.28. The van der Waals surface area contributed by atoms with E-state index < -0.39 is 11.6 Å². The maximum Gasteiger partial charge on any atom is 0.184 e. The van der Waals surface area contributed by atoms with Gasteiger partial charge in [-0.2, -0.15) is 0 Å². The molecule has 2 N–H and O–H groups in total. The molecule has 0 heterocycles. The minimum absolute atomic E-state index is 0.0474. The molecule has 2 rings (SSSR count). The van der Waals surface area contributed by atoms with E-state index in [0.29, 0.717) is 0 Å². The van der Waals surface area contributed by atoms with Gasteiger partial charge in [0.2, 0.25) is 0 Å². The fraction of sp³-hybridized carbons (Fsp3) is 0. The second-order valence-electron chi connectivity index (χ2n) is 3.34. The summed E-state index contributed by atoms with van der Waals surface area (Å²) in [6.07, 6.45) is 0. The van der Waals surface area contributed by atoms with Crippen molar-refractivity contribution in [3.8, 4) is 11.5 Å². The minimum Gasteiger partial charge on any atom is -0.452 e. The molecule has 0 aromatic heterocycles. The Balaban J connectivity index is 2.38. The van der Waals surface area contributed by atoms with Gasteiger partial charge in [0.1, 0.15) is 5.82 Å². The third-order valence-electron chi connectivity index (χ3n) is 2.11. The van der Waals surface area contributed by atoms with Crippen LogP contribution in [0.25, 0.3) is 0 Å². The lowest BCUT2D eigenvalue weighted by atomic mass is 10.3. The van der Waals surface area contributed by atoms with Crippen molar-refractivity contribution in [3.05, 3.63) is 53.1 Å². The molecule has 17 heavy (non-hydrogen) atoms. The number of rotatable bonds is 2. The van der Waals surface area contributed by atoms with Crippen LogP contribution in [0.2, 0.25) is 5.02 Å². The zero-order valence-electron chi connectivity index (χ0n) is 8.58. The number of nitrogens with two attached hydrogens (primary N) is 1. The molecule has 0 fully saturated rings. The van der Waals surface area contributed by atoms with Crippen LogP contribution in [0.3, 0.4) is 0 Å². The largest absolute Gasteiger partial charge is 0.452 e. The Morgan fingerprint density at radius 1 is 1.06 bits per heavy atom. The molecule has 5 heteroatoms. The number of benzene rings is 2. The van der Waals surface area contributed by atoms with Crippen molar-refractivity contribution in [2.45, 2.75) is 0 Å². The van der Waals surface area contributed by atoms with Crippen LogP contribution < -0.4 is 10.5 Å². The first kappa shape index (κ1) is 11.7. The van der Waals surface area contributed by atoms with Gasteiger partial charge in [-0.25, -0.2) is 8.78 Å². The molecule has 0 bridgehead atoms. The average molecular weight is 256 g/mol. The molecule has 0 saturated heterocycles. The molecule has 0 amide bonds. The zero-order chi connectivity index (χ0) is 12.4. The van der Waals surface area contributed by atoms with Crippen molar-refractivity contribution in [2.24, 2.45) is 0 Å². The van der Waals surface area contributed by atoms with Gasteiger partial charge in [0.25, 0.3) is 0 Å². The maximum atomic E-state index is 13.5. The normalized spacial score (nSPS) is 10.3. The number of hydrogen-bond acceptors (Lipinski definition) is 2. The molecule has 0 aliphatic carbocycles. The first-order chi connectivity index (χ1) is 8.08. The first-order valence-electron chi connectivity index (χ1n) is 4.75. The summed E-state index contributed by atoms with van der Waals surface area (Å²) in [5.41, 5.74) is 5.79. The van der Waals surface area contributed by atoms with Gasteiger partial charge in [-0.1, -0.05) is 17.7 Å². The highest BCUT2D eigenvalue weighted by Crippen LogP contribution is 2.32. The van der Waals surface area contributed by atoms with Crippen LogP contribution in [0.1, 0.15) is 0 Å². The third-order valence-corrected chi connectivity index (χ3v) is 2.40. The second-order valence-corrected chi connectivity index (χ2v) is 3.74. The lowest BCUT2D eigenvalue weighted by molar-refractivity contribution is 0.441. The summed E-state index contributed by atoms with van der Waals surface area (Å²) >= 11 is 5.59. The predicted molar refractivity (Wildman–Crippen MR) is 62.3 cm³/mol. The van der Waals surface area contributed by atoms with Crippen molar-refractivity contribution in [2.75, 3.05) is 5.73 Å². The molecule has 0 spiro atoms. The molecule has 88 valence electrons. The van der Waals surface area contributed by atoms with E-state index in [1.165, 1.54) is 30.3 Å². The minimum atomic E-state index is -0.710. The van der Waals surface area contributed by atoms with Crippen LogP contribution in [0, 0.1) is 11.6 Å². The van der Waals surface area contributed by atoms with Crippen LogP contribution in [0.4, 0.5) is 14.5 Å². The molecule has 0 aliphatic heterocycles. The molecule has 2 aromatic carbocycles. The van der Waals surface area contributed by atoms with E-state index in [1.54, 1.807) is 0 Å². The second kappa shape index (κ2) is 4.59. The third kappa shape index (κ3) is 2.47. The standard InChI is InChI=1S/C12H8ClF2NO/c13-8-2-1-3-10(12(8)15)17-11-6-7(14)4-5-9(11)16/h1-6H,16H2. The van der Waals surface area contributed by atoms with Gasteiger partial charge in [-0.3, -0.25) is 0 Å². The fourth-order valence-electron chi connectivity index (χ4n) is 1.28. The van der Waals surface area contributed by atoms with Crippen molar-refractivity contribution in [3.63, 3.8) is 0 Å². The molecular formula is C12H8ClF2NO. The molecule has 0 unspecified atom stereocenters. The van der Waals surface area contributed by atoms with E-state index in [9.17, 15) is 8.78 Å². The Bertz CT molecular complexity index is 560. The molecule has 0 saturated carbocycles. The SMILES string of the molecule is Nc1ccc(F)cc1Oc1cccc(Cl)c1F. The summed E-state index contributed by atoms with van der Waals surface area (Å²) < 4.78 is 31.7. The Morgan fingerprint density at radius 2 is 1.82 bits per heavy atom. The summed E-state index contributed by atoms with van der Waals surface area (Å²) in [7, 11) is 0. The topological polar surface area (TPSA) is 35.2 Å². The van der Waals surface area contributed by atoms with Gasteiger partial charge in [-0.05, 0) is 24.3 Å². The van der Waals surface area contributed by atoms with Crippen LogP contribution >= 0.6 is 11.6 Å². The maximum absolute atomic E-state index is 13.5. The lowest BCUT2D eigenvalue weighted by Gasteiger charge is -2.09.